The van der Waals surface area contributed by atoms with Crippen LogP contribution in [-0.2, 0) is 10.2 Å². The van der Waals surface area contributed by atoms with Crippen LogP contribution in [0.25, 0.3) is 0 Å². The van der Waals surface area contributed by atoms with E-state index in [0.717, 1.165) is 17.7 Å². The van der Waals surface area contributed by atoms with E-state index in [1.54, 1.807) is 12.1 Å². The number of amides is 1. The van der Waals surface area contributed by atoms with E-state index in [-0.39, 0.29) is 23.5 Å². The van der Waals surface area contributed by atoms with E-state index in [4.69, 9.17) is 14.2 Å². The number of anilines is 1. The Morgan fingerprint density at radius 3 is 2.40 bits per heavy atom. The summed E-state index contributed by atoms with van der Waals surface area (Å²) in [5.41, 5.74) is 1.28. The monoisotopic (exact) mass is 405 g/mol. The summed E-state index contributed by atoms with van der Waals surface area (Å²) in [7, 11) is 4.57. The van der Waals surface area contributed by atoms with Gasteiger partial charge in [-0.25, -0.2) is 0 Å². The Morgan fingerprint density at radius 1 is 1.03 bits per heavy atom. The zero-order valence-corrected chi connectivity index (χ0v) is 17.1. The van der Waals surface area contributed by atoms with Crippen molar-refractivity contribution in [2.75, 3.05) is 26.6 Å². The van der Waals surface area contributed by atoms with E-state index in [1.807, 2.05) is 24.3 Å². The van der Waals surface area contributed by atoms with Gasteiger partial charge in [-0.3, -0.25) is 9.59 Å². The molecule has 1 heterocycles. The molecule has 2 aromatic carbocycles. The molecule has 1 saturated carbocycles. The van der Waals surface area contributed by atoms with E-state index in [2.05, 4.69) is 17.5 Å². The van der Waals surface area contributed by atoms with E-state index in [0.29, 0.717) is 22.8 Å². The zero-order valence-electron chi connectivity index (χ0n) is 17.1. The maximum Gasteiger partial charge on any atom is 0.236 e. The molecule has 5 rings (SSSR count). The molecule has 2 bridgehead atoms. The number of para-hydroxylation sites is 1. The lowest BCUT2D eigenvalue weighted by molar-refractivity contribution is -0.122. The minimum atomic E-state index is -0.881. The lowest BCUT2D eigenvalue weighted by Crippen LogP contribution is -2.48. The Labute approximate surface area is 174 Å². The van der Waals surface area contributed by atoms with Gasteiger partial charge in [-0.1, -0.05) is 30.4 Å². The van der Waals surface area contributed by atoms with Gasteiger partial charge in [0.25, 0.3) is 0 Å². The van der Waals surface area contributed by atoms with E-state index in [1.165, 1.54) is 21.3 Å². The Kier molecular flexibility index (Phi) is 4.13. The summed E-state index contributed by atoms with van der Waals surface area (Å²) in [5, 5.41) is 3.02. The summed E-state index contributed by atoms with van der Waals surface area (Å²) in [4.78, 5) is 27.3. The molecule has 6 heteroatoms. The van der Waals surface area contributed by atoms with Crippen LogP contribution in [0.1, 0.15) is 22.3 Å². The van der Waals surface area contributed by atoms with Crippen molar-refractivity contribution in [3.63, 3.8) is 0 Å². The summed E-state index contributed by atoms with van der Waals surface area (Å²) in [6.45, 7) is 0. The van der Waals surface area contributed by atoms with Gasteiger partial charge in [-0.2, -0.15) is 0 Å². The molecule has 1 N–H and O–H groups in total. The van der Waals surface area contributed by atoms with Gasteiger partial charge in [-0.05, 0) is 42.0 Å². The van der Waals surface area contributed by atoms with E-state index in [9.17, 15) is 9.59 Å². The van der Waals surface area contributed by atoms with E-state index < -0.39 is 11.3 Å². The molecule has 30 heavy (non-hydrogen) atoms. The molecule has 154 valence electrons. The van der Waals surface area contributed by atoms with Crippen LogP contribution in [0.15, 0.2) is 48.6 Å². The molecule has 3 aliphatic rings. The molecule has 6 nitrogen and oxygen atoms in total. The first-order valence-corrected chi connectivity index (χ1v) is 9.99. The second-order valence-electron chi connectivity index (χ2n) is 8.02. The first-order valence-electron chi connectivity index (χ1n) is 9.99. The van der Waals surface area contributed by atoms with Crippen LogP contribution in [-0.4, -0.2) is 33.0 Å². The van der Waals surface area contributed by atoms with Crippen LogP contribution >= 0.6 is 0 Å². The topological polar surface area (TPSA) is 73.9 Å². The molecule has 1 aliphatic heterocycles. The largest absolute Gasteiger partial charge is 0.493 e. The van der Waals surface area contributed by atoms with Gasteiger partial charge >= 0.3 is 0 Å². The number of hydrogen-bond acceptors (Lipinski definition) is 5. The summed E-state index contributed by atoms with van der Waals surface area (Å²) in [5.74, 6) is 0.625. The summed E-state index contributed by atoms with van der Waals surface area (Å²) in [6.07, 6.45) is 4.98. The summed E-state index contributed by atoms with van der Waals surface area (Å²) in [6, 6.07) is 11.0. The number of hydrogen-bond donors (Lipinski definition) is 1. The average Bonchev–Trinajstić information content (AvgIpc) is 3.45. The summed E-state index contributed by atoms with van der Waals surface area (Å²) >= 11 is 0. The molecule has 1 amide bonds. The standard InChI is InChI=1S/C24H23NO5/c1-28-18-11-14(12-19(29-2)22(18)30-3)21(26)20-13-8-9-15(10-13)24(20)16-6-4-5-7-17(16)25-23(24)27/h4-9,11-13,15,20H,10H2,1-3H3,(H,25,27)/t13-,15+,20-,24-/m1/s1. The molecule has 1 spiro atoms. The van der Waals surface area contributed by atoms with Gasteiger partial charge < -0.3 is 19.5 Å². The molecule has 1 fully saturated rings. The molecule has 0 radical (unpaired) electrons. The first-order chi connectivity index (χ1) is 14.6. The molecular weight excluding hydrogens is 382 g/mol. The van der Waals surface area contributed by atoms with Crippen LogP contribution in [0.3, 0.4) is 0 Å². The first kappa shape index (κ1) is 18.7. The Hall–Kier alpha value is -3.28. The predicted octanol–water partition coefficient (Wildman–Crippen LogP) is 3.61. The van der Waals surface area contributed by atoms with Gasteiger partial charge in [0.1, 0.15) is 0 Å². The normalized spacial score (nSPS) is 27.8. The average molecular weight is 405 g/mol. The fraction of sp³-hybridized carbons (Fsp3) is 0.333. The fourth-order valence-corrected chi connectivity index (χ4v) is 5.66. The minimum Gasteiger partial charge on any atom is -0.493 e. The van der Waals surface area contributed by atoms with Crippen molar-refractivity contribution in [1.82, 2.24) is 0 Å². The van der Waals surface area contributed by atoms with Crippen LogP contribution in [0, 0.1) is 17.8 Å². The van der Waals surface area contributed by atoms with Crippen LogP contribution in [0.2, 0.25) is 0 Å². The number of carbonyl (C=O) groups excluding carboxylic acids is 2. The lowest BCUT2D eigenvalue weighted by atomic mass is 9.63. The molecule has 4 atom stereocenters. The highest BCUT2D eigenvalue weighted by Gasteiger charge is 2.66. The second-order valence-corrected chi connectivity index (χ2v) is 8.02. The summed E-state index contributed by atoms with van der Waals surface area (Å²) < 4.78 is 16.3. The third-order valence-corrected chi connectivity index (χ3v) is 6.85. The Balaban J connectivity index is 1.66. The van der Waals surface area contributed by atoms with Crippen molar-refractivity contribution >= 4 is 17.4 Å². The molecule has 2 aliphatic carbocycles. The van der Waals surface area contributed by atoms with Gasteiger partial charge in [0.05, 0.1) is 26.7 Å². The maximum atomic E-state index is 13.9. The third-order valence-electron chi connectivity index (χ3n) is 6.85. The number of benzene rings is 2. The minimum absolute atomic E-state index is 0.00198. The van der Waals surface area contributed by atoms with Crippen molar-refractivity contribution in [1.29, 1.82) is 0 Å². The van der Waals surface area contributed by atoms with Crippen molar-refractivity contribution in [2.24, 2.45) is 17.8 Å². The molecule has 0 aromatic heterocycles. The number of methoxy groups -OCH3 is 3. The van der Waals surface area contributed by atoms with E-state index >= 15 is 0 Å². The van der Waals surface area contributed by atoms with Crippen molar-refractivity contribution in [3.8, 4) is 17.2 Å². The second kappa shape index (κ2) is 6.62. The highest BCUT2D eigenvalue weighted by Crippen LogP contribution is 2.62. The lowest BCUT2D eigenvalue weighted by Gasteiger charge is -2.36. The molecule has 0 saturated heterocycles. The Bertz CT molecular complexity index is 1070. The van der Waals surface area contributed by atoms with Gasteiger partial charge in [-0.15, -0.1) is 0 Å². The molecular formula is C24H23NO5. The van der Waals surface area contributed by atoms with Crippen molar-refractivity contribution in [3.05, 3.63) is 59.7 Å². The smallest absolute Gasteiger partial charge is 0.236 e. The van der Waals surface area contributed by atoms with Gasteiger partial charge in [0.2, 0.25) is 11.7 Å². The predicted molar refractivity (Wildman–Crippen MR) is 111 cm³/mol. The van der Waals surface area contributed by atoms with Crippen molar-refractivity contribution < 1.29 is 23.8 Å². The van der Waals surface area contributed by atoms with Gasteiger partial charge in [0, 0.05) is 17.2 Å². The van der Waals surface area contributed by atoms with Crippen molar-refractivity contribution in [2.45, 2.75) is 11.8 Å². The third kappa shape index (κ3) is 2.24. The number of carbonyl (C=O) groups is 2. The quantitative estimate of drug-likeness (QED) is 0.608. The molecule has 2 aromatic rings. The number of allylic oxidation sites excluding steroid dienone is 2. The zero-order chi connectivity index (χ0) is 21.0. The van der Waals surface area contributed by atoms with Crippen LogP contribution < -0.4 is 19.5 Å². The molecule has 0 unspecified atom stereocenters. The number of fused-ring (bicyclic) bond motifs is 5. The number of ether oxygens (including phenoxy) is 3. The van der Waals surface area contributed by atoms with Gasteiger partial charge in [0.15, 0.2) is 17.3 Å². The fourth-order valence-electron chi connectivity index (χ4n) is 5.66. The number of ketones is 1. The number of Topliss-reactive ketones (excluding diaryl/α,β-unsaturated/α-hetero) is 1. The SMILES string of the molecule is COc1cc(C(=O)[C@H]2[C@@H]3C=C[C@@H](C3)[C@]23C(=O)Nc2ccccc23)cc(OC)c1OC. The number of nitrogens with one attached hydrogen (secondary N) is 1. The maximum absolute atomic E-state index is 13.9. The number of rotatable bonds is 5. The Morgan fingerprint density at radius 2 is 1.73 bits per heavy atom. The van der Waals surface area contributed by atoms with Crippen LogP contribution in [0.4, 0.5) is 5.69 Å². The van der Waals surface area contributed by atoms with Crippen LogP contribution in [0.5, 0.6) is 17.2 Å². The highest BCUT2D eigenvalue weighted by molar-refractivity contribution is 6.13. The highest BCUT2D eigenvalue weighted by atomic mass is 16.5.